The number of halogens is 1. The average molecular weight is 677 g/mol. The zero-order valence-electron chi connectivity index (χ0n) is 26.6. The van der Waals surface area contributed by atoms with Gasteiger partial charge in [0.05, 0.1) is 36.1 Å². The van der Waals surface area contributed by atoms with Gasteiger partial charge in [-0.1, -0.05) is 11.6 Å². The zero-order valence-corrected chi connectivity index (χ0v) is 28.2. The van der Waals surface area contributed by atoms with Crippen molar-refractivity contribution in [3.63, 3.8) is 0 Å². The van der Waals surface area contributed by atoms with Gasteiger partial charge in [-0.15, -0.1) is 0 Å². The molecule has 2 aromatic carbocycles. The lowest BCUT2D eigenvalue weighted by Crippen LogP contribution is -2.77. The van der Waals surface area contributed by atoms with Crippen molar-refractivity contribution in [1.82, 2.24) is 19.7 Å². The van der Waals surface area contributed by atoms with E-state index < -0.39 is 21.5 Å². The first-order valence-corrected chi connectivity index (χ1v) is 17.6. The van der Waals surface area contributed by atoms with Gasteiger partial charge < -0.3 is 14.4 Å². The van der Waals surface area contributed by atoms with Crippen molar-refractivity contribution in [1.29, 1.82) is 5.26 Å². The summed E-state index contributed by atoms with van der Waals surface area (Å²) in [5.74, 6) is 0.234. The molecule has 1 aromatic heterocycles. The minimum absolute atomic E-state index is 0.0295. The van der Waals surface area contributed by atoms with Crippen LogP contribution in [0.3, 0.4) is 0 Å². The van der Waals surface area contributed by atoms with E-state index in [1.165, 1.54) is 37.6 Å². The Morgan fingerprint density at radius 1 is 1.04 bits per heavy atom. The van der Waals surface area contributed by atoms with E-state index in [0.717, 1.165) is 43.3 Å². The van der Waals surface area contributed by atoms with Crippen molar-refractivity contribution in [3.05, 3.63) is 76.4 Å². The number of aromatic nitrogens is 1. The molecule has 5 heterocycles. The Hall–Kier alpha value is -3.73. The minimum atomic E-state index is -4.50. The number of fused-ring (bicyclic) bond motifs is 1. The highest BCUT2D eigenvalue weighted by Gasteiger charge is 2.67. The SMILES string of the molecule is CCOc1ccc(OC)cc1[C@]1(N2CC3(CN(C4CCN(C)CC4)C3)C2)C(=O)N(S(=O)(=O)c2ccc(Cl)cn2)c2ccc(C#N)cc21. The Balaban J connectivity index is 1.36. The van der Waals surface area contributed by atoms with Crippen LogP contribution >= 0.6 is 11.6 Å². The van der Waals surface area contributed by atoms with Gasteiger partial charge in [0, 0.05) is 55.0 Å². The summed E-state index contributed by atoms with van der Waals surface area (Å²) in [6.45, 7) is 7.30. The summed E-state index contributed by atoms with van der Waals surface area (Å²) < 4.78 is 41.3. The molecular weight excluding hydrogens is 640 g/mol. The third kappa shape index (κ3) is 4.98. The standard InChI is InChI=1S/C34H37ClN6O5S/c1-4-46-30-9-7-26(45-3)16-28(30)34(40-21-33(22-40)19-39(20-33)25-11-13-38(2)14-12-25)27-15-23(17-36)5-8-29(27)41(32(34)42)47(43,44)31-10-6-24(35)18-37-31/h5-10,15-16,18,25H,4,11-14,19-22H2,1-3H3/t34-/m0/s1. The van der Waals surface area contributed by atoms with Crippen molar-refractivity contribution in [2.75, 3.05) is 64.3 Å². The third-order valence-corrected chi connectivity index (χ3v) is 12.0. The van der Waals surface area contributed by atoms with Crippen LogP contribution in [-0.4, -0.2) is 100 Å². The summed E-state index contributed by atoms with van der Waals surface area (Å²) in [7, 11) is -0.804. The number of piperidine rings is 1. The second-order valence-electron chi connectivity index (χ2n) is 13.0. The van der Waals surface area contributed by atoms with Gasteiger partial charge in [-0.3, -0.25) is 14.6 Å². The topological polar surface area (TPSA) is 119 Å². The fraction of sp³-hybridized carbons (Fsp3) is 0.441. The van der Waals surface area contributed by atoms with Crippen LogP contribution in [0.1, 0.15) is 36.5 Å². The van der Waals surface area contributed by atoms with Crippen LogP contribution < -0.4 is 13.8 Å². The molecule has 1 spiro atoms. The van der Waals surface area contributed by atoms with E-state index in [-0.39, 0.29) is 21.2 Å². The molecule has 7 rings (SSSR count). The predicted octanol–water partition coefficient (Wildman–Crippen LogP) is 3.70. The number of benzene rings is 2. The molecule has 0 radical (unpaired) electrons. The van der Waals surface area contributed by atoms with E-state index in [1.54, 1.807) is 24.3 Å². The quantitative estimate of drug-likeness (QED) is 0.349. The van der Waals surface area contributed by atoms with E-state index in [9.17, 15) is 13.7 Å². The number of methoxy groups -OCH3 is 1. The largest absolute Gasteiger partial charge is 0.497 e. The normalized spacial score (nSPS) is 23.2. The van der Waals surface area contributed by atoms with Crippen LogP contribution in [0.4, 0.5) is 5.69 Å². The van der Waals surface area contributed by atoms with E-state index in [2.05, 4.69) is 32.8 Å². The first-order valence-electron chi connectivity index (χ1n) is 15.8. The van der Waals surface area contributed by atoms with Crippen LogP contribution in [-0.2, 0) is 20.4 Å². The fourth-order valence-electron chi connectivity index (χ4n) is 7.86. The molecular formula is C34H37ClN6O5S. The van der Waals surface area contributed by atoms with E-state index in [1.807, 2.05) is 6.92 Å². The average Bonchev–Trinajstić information content (AvgIpc) is 3.29. The lowest BCUT2D eigenvalue weighted by atomic mass is 9.67. The Morgan fingerprint density at radius 2 is 1.79 bits per heavy atom. The Kier molecular flexibility index (Phi) is 7.96. The lowest BCUT2D eigenvalue weighted by molar-refractivity contribution is -0.169. The maximum Gasteiger partial charge on any atom is 0.288 e. The van der Waals surface area contributed by atoms with Crippen molar-refractivity contribution in [2.24, 2.45) is 5.41 Å². The molecule has 1 atom stereocenters. The van der Waals surface area contributed by atoms with Crippen LogP contribution in [0.5, 0.6) is 11.5 Å². The second kappa shape index (κ2) is 11.8. The number of anilines is 1. The van der Waals surface area contributed by atoms with E-state index >= 15 is 4.79 Å². The van der Waals surface area contributed by atoms with Gasteiger partial charge in [0.1, 0.15) is 11.5 Å². The molecule has 0 bridgehead atoms. The Labute approximate surface area is 280 Å². The highest BCUT2D eigenvalue weighted by atomic mass is 35.5. The van der Waals surface area contributed by atoms with Crippen LogP contribution in [0, 0.1) is 16.7 Å². The number of amides is 1. The maximum absolute atomic E-state index is 15.3. The molecule has 0 unspecified atom stereocenters. The summed E-state index contributed by atoms with van der Waals surface area (Å²) in [5.41, 5.74) is -0.326. The van der Waals surface area contributed by atoms with Crippen molar-refractivity contribution >= 4 is 33.2 Å². The number of carbonyl (C=O) groups is 1. The Bertz CT molecular complexity index is 1860. The number of hydrogen-bond acceptors (Lipinski definition) is 10. The lowest BCUT2D eigenvalue weighted by Gasteiger charge is -2.65. The number of ether oxygens (including phenoxy) is 2. The van der Waals surface area contributed by atoms with E-state index in [4.69, 9.17) is 21.1 Å². The first-order chi connectivity index (χ1) is 22.6. The van der Waals surface area contributed by atoms with E-state index in [0.29, 0.717) is 53.9 Å². The summed E-state index contributed by atoms with van der Waals surface area (Å²) in [6, 6.07) is 15.4. The smallest absolute Gasteiger partial charge is 0.288 e. The molecule has 246 valence electrons. The molecule has 0 N–H and O–H groups in total. The Morgan fingerprint density at radius 3 is 2.43 bits per heavy atom. The van der Waals surface area contributed by atoms with Crippen LogP contribution in [0.15, 0.2) is 59.8 Å². The summed E-state index contributed by atoms with van der Waals surface area (Å²) in [5, 5.41) is 9.93. The number of carbonyl (C=O) groups excluding carboxylic acids is 1. The molecule has 1 amide bonds. The monoisotopic (exact) mass is 676 g/mol. The van der Waals surface area contributed by atoms with Gasteiger partial charge in [-0.05, 0) is 88.4 Å². The zero-order chi connectivity index (χ0) is 33.1. The van der Waals surface area contributed by atoms with Gasteiger partial charge in [0.15, 0.2) is 10.6 Å². The number of likely N-dealkylation sites (tertiary alicyclic amines) is 3. The summed E-state index contributed by atoms with van der Waals surface area (Å²) in [6.07, 6.45) is 3.51. The number of rotatable bonds is 8. The summed E-state index contributed by atoms with van der Waals surface area (Å²) in [4.78, 5) is 26.3. The number of sulfonamides is 1. The van der Waals surface area contributed by atoms with Gasteiger partial charge in [-0.2, -0.15) is 18.0 Å². The van der Waals surface area contributed by atoms with Gasteiger partial charge >= 0.3 is 0 Å². The van der Waals surface area contributed by atoms with Crippen LogP contribution in [0.25, 0.3) is 0 Å². The highest BCUT2D eigenvalue weighted by molar-refractivity contribution is 7.93. The highest BCUT2D eigenvalue weighted by Crippen LogP contribution is 2.57. The number of nitrogens with zero attached hydrogens (tertiary/aromatic N) is 6. The van der Waals surface area contributed by atoms with Gasteiger partial charge in [0.2, 0.25) is 0 Å². The molecule has 3 aromatic rings. The van der Waals surface area contributed by atoms with Gasteiger partial charge in [0.25, 0.3) is 15.9 Å². The molecule has 0 saturated carbocycles. The maximum atomic E-state index is 15.3. The molecule has 11 nitrogen and oxygen atoms in total. The molecule has 47 heavy (non-hydrogen) atoms. The van der Waals surface area contributed by atoms with Crippen molar-refractivity contribution in [2.45, 2.75) is 36.4 Å². The molecule has 4 aliphatic heterocycles. The molecule has 3 fully saturated rings. The molecule has 13 heteroatoms. The summed E-state index contributed by atoms with van der Waals surface area (Å²) >= 11 is 6.04. The third-order valence-electron chi connectivity index (χ3n) is 10.1. The molecule has 3 saturated heterocycles. The fourth-order valence-corrected chi connectivity index (χ4v) is 9.36. The molecule has 0 aliphatic carbocycles. The van der Waals surface area contributed by atoms with Gasteiger partial charge in [-0.25, -0.2) is 4.98 Å². The van der Waals surface area contributed by atoms with Crippen molar-refractivity contribution < 1.29 is 22.7 Å². The number of nitriles is 1. The van der Waals surface area contributed by atoms with Crippen molar-refractivity contribution in [3.8, 4) is 17.6 Å². The minimum Gasteiger partial charge on any atom is -0.497 e. The van der Waals surface area contributed by atoms with Crippen LogP contribution in [0.2, 0.25) is 5.02 Å². The second-order valence-corrected chi connectivity index (χ2v) is 15.2. The molecule has 4 aliphatic rings. The predicted molar refractivity (Wildman–Crippen MR) is 176 cm³/mol. The first kappa shape index (κ1) is 31.8. The number of pyridine rings is 1. The number of hydrogen-bond donors (Lipinski definition) is 0.